The van der Waals surface area contributed by atoms with Gasteiger partial charge >= 0.3 is 0 Å². The number of hydrogen-bond acceptors (Lipinski definition) is 2. The van der Waals surface area contributed by atoms with Crippen LogP contribution in [0.3, 0.4) is 0 Å². The van der Waals surface area contributed by atoms with Gasteiger partial charge in [0.15, 0.2) is 0 Å². The number of nitrogens with one attached hydrogen (secondary N) is 1. The third kappa shape index (κ3) is 3.85. The van der Waals surface area contributed by atoms with Crippen LogP contribution in [0.4, 0.5) is 14.5 Å². The van der Waals surface area contributed by atoms with Gasteiger partial charge in [0.25, 0.3) is 5.91 Å². The van der Waals surface area contributed by atoms with Crippen molar-refractivity contribution in [2.75, 3.05) is 18.4 Å². The molecule has 0 saturated carbocycles. The molecule has 0 radical (unpaired) electrons. The van der Waals surface area contributed by atoms with Gasteiger partial charge in [0.1, 0.15) is 17.3 Å². The third-order valence-corrected chi connectivity index (χ3v) is 4.80. The second-order valence-electron chi connectivity index (χ2n) is 6.13. The smallest absolute Gasteiger partial charge is 0.255 e. The Morgan fingerprint density at radius 1 is 1.00 bits per heavy atom. The maximum atomic E-state index is 13.7. The summed E-state index contributed by atoms with van der Waals surface area (Å²) in [6.07, 6.45) is 0.830. The summed E-state index contributed by atoms with van der Waals surface area (Å²) in [4.78, 5) is 26.5. The summed E-state index contributed by atoms with van der Waals surface area (Å²) in [5, 5.41) is 2.70. The quantitative estimate of drug-likeness (QED) is 0.873. The van der Waals surface area contributed by atoms with E-state index in [1.165, 1.54) is 6.07 Å². The number of amides is 2. The Balaban J connectivity index is 1.61. The van der Waals surface area contributed by atoms with Crippen LogP contribution < -0.4 is 5.32 Å². The third-order valence-electron chi connectivity index (χ3n) is 4.47. The molecular formula is C19H17ClF2N2O2. The number of carbonyl (C=O) groups is 2. The largest absolute Gasteiger partial charge is 0.339 e. The van der Waals surface area contributed by atoms with Crippen molar-refractivity contribution in [2.24, 2.45) is 5.92 Å². The van der Waals surface area contributed by atoms with Crippen molar-refractivity contribution >= 4 is 29.1 Å². The summed E-state index contributed by atoms with van der Waals surface area (Å²) < 4.78 is 27.3. The van der Waals surface area contributed by atoms with E-state index in [1.807, 2.05) is 0 Å². The van der Waals surface area contributed by atoms with Crippen molar-refractivity contribution in [1.29, 1.82) is 0 Å². The van der Waals surface area contributed by atoms with Crippen LogP contribution in [-0.4, -0.2) is 29.8 Å². The fourth-order valence-electron chi connectivity index (χ4n) is 2.99. The van der Waals surface area contributed by atoms with Crippen molar-refractivity contribution in [3.8, 4) is 0 Å². The number of nitrogens with zero attached hydrogens (tertiary/aromatic N) is 1. The first kappa shape index (κ1) is 18.3. The lowest BCUT2D eigenvalue weighted by molar-refractivity contribution is -0.121. The molecule has 4 nitrogen and oxygen atoms in total. The Labute approximate surface area is 154 Å². The Morgan fingerprint density at radius 3 is 2.23 bits per heavy atom. The fraction of sp³-hybridized carbons (Fsp3) is 0.263. The van der Waals surface area contributed by atoms with Gasteiger partial charge in [-0.25, -0.2) is 8.78 Å². The number of rotatable bonds is 3. The highest BCUT2D eigenvalue weighted by atomic mass is 35.5. The number of carbonyl (C=O) groups excluding carboxylic acids is 2. The van der Waals surface area contributed by atoms with Gasteiger partial charge in [-0.15, -0.1) is 0 Å². The molecular weight excluding hydrogens is 362 g/mol. The first-order valence-corrected chi connectivity index (χ1v) is 8.64. The number of hydrogen-bond donors (Lipinski definition) is 1. The van der Waals surface area contributed by atoms with E-state index in [0.717, 1.165) is 12.1 Å². The molecule has 2 amide bonds. The number of halogens is 3. The predicted octanol–water partition coefficient (Wildman–Crippen LogP) is 4.11. The second-order valence-corrected chi connectivity index (χ2v) is 6.54. The van der Waals surface area contributed by atoms with Gasteiger partial charge in [0, 0.05) is 19.0 Å². The van der Waals surface area contributed by atoms with E-state index in [4.69, 9.17) is 11.6 Å². The monoisotopic (exact) mass is 378 g/mol. The van der Waals surface area contributed by atoms with Crippen LogP contribution in [0, 0.1) is 17.6 Å². The Morgan fingerprint density at radius 2 is 1.62 bits per heavy atom. The average Bonchev–Trinajstić information content (AvgIpc) is 2.65. The van der Waals surface area contributed by atoms with E-state index in [2.05, 4.69) is 5.32 Å². The molecule has 0 aromatic heterocycles. The van der Waals surface area contributed by atoms with Gasteiger partial charge in [0.2, 0.25) is 5.91 Å². The lowest BCUT2D eigenvalue weighted by Crippen LogP contribution is -2.41. The standard InChI is InChI=1S/C19H17ClF2N2O2/c20-14-5-2-1-4-13(14)19(26)24-10-8-12(9-11-24)18(25)23-17-15(21)6-3-7-16(17)22/h1-7,12H,8-11H2,(H,23,25). The zero-order valence-electron chi connectivity index (χ0n) is 13.8. The van der Waals surface area contributed by atoms with Gasteiger partial charge in [-0.05, 0) is 37.1 Å². The molecule has 1 fully saturated rings. The SMILES string of the molecule is O=C(Nc1c(F)cccc1F)C1CCN(C(=O)c2ccccc2Cl)CC1. The molecule has 0 spiro atoms. The van der Waals surface area contributed by atoms with Crippen LogP contribution in [0.15, 0.2) is 42.5 Å². The highest BCUT2D eigenvalue weighted by Crippen LogP contribution is 2.25. The first-order valence-electron chi connectivity index (χ1n) is 8.26. The van der Waals surface area contributed by atoms with Crippen molar-refractivity contribution in [2.45, 2.75) is 12.8 Å². The summed E-state index contributed by atoms with van der Waals surface area (Å²) >= 11 is 6.05. The summed E-state index contributed by atoms with van der Waals surface area (Å²) in [6.45, 7) is 0.754. The molecule has 0 unspecified atom stereocenters. The summed E-state index contributed by atoms with van der Waals surface area (Å²) in [7, 11) is 0. The van der Waals surface area contributed by atoms with E-state index in [0.29, 0.717) is 36.5 Å². The van der Waals surface area contributed by atoms with Crippen molar-refractivity contribution in [3.05, 3.63) is 64.7 Å². The Kier molecular flexibility index (Phi) is 5.52. The van der Waals surface area contributed by atoms with Crippen molar-refractivity contribution < 1.29 is 18.4 Å². The van der Waals surface area contributed by atoms with Gasteiger partial charge < -0.3 is 10.2 Å². The molecule has 1 N–H and O–H groups in total. The Hall–Kier alpha value is -2.47. The highest BCUT2D eigenvalue weighted by molar-refractivity contribution is 6.33. The lowest BCUT2D eigenvalue weighted by atomic mass is 9.95. The molecule has 136 valence electrons. The molecule has 7 heteroatoms. The Bertz CT molecular complexity index is 816. The first-order chi connectivity index (χ1) is 12.5. The molecule has 0 bridgehead atoms. The number of likely N-dealkylation sites (tertiary alicyclic amines) is 1. The van der Waals surface area contributed by atoms with E-state index in [-0.39, 0.29) is 5.91 Å². The van der Waals surface area contributed by atoms with E-state index >= 15 is 0 Å². The molecule has 2 aromatic carbocycles. The van der Waals surface area contributed by atoms with Gasteiger partial charge in [0.05, 0.1) is 10.6 Å². The van der Waals surface area contributed by atoms with Crippen LogP contribution in [0.5, 0.6) is 0 Å². The minimum Gasteiger partial charge on any atom is -0.339 e. The van der Waals surface area contributed by atoms with Gasteiger partial charge in [-0.3, -0.25) is 9.59 Å². The van der Waals surface area contributed by atoms with Crippen LogP contribution >= 0.6 is 11.6 Å². The highest BCUT2D eigenvalue weighted by Gasteiger charge is 2.29. The average molecular weight is 379 g/mol. The van der Waals surface area contributed by atoms with Crippen LogP contribution in [0.25, 0.3) is 0 Å². The zero-order valence-corrected chi connectivity index (χ0v) is 14.6. The number of piperidine rings is 1. The normalized spacial score (nSPS) is 15.0. The van der Waals surface area contributed by atoms with Crippen LogP contribution in [-0.2, 0) is 4.79 Å². The van der Waals surface area contributed by atoms with Crippen molar-refractivity contribution in [1.82, 2.24) is 4.90 Å². The van der Waals surface area contributed by atoms with Gasteiger partial charge in [-0.1, -0.05) is 29.8 Å². The van der Waals surface area contributed by atoms with Crippen LogP contribution in [0.2, 0.25) is 5.02 Å². The summed E-state index contributed by atoms with van der Waals surface area (Å²) in [5.74, 6) is -2.67. The van der Waals surface area contributed by atoms with Crippen molar-refractivity contribution in [3.63, 3.8) is 0 Å². The predicted molar refractivity (Wildman–Crippen MR) is 95.1 cm³/mol. The molecule has 0 aliphatic carbocycles. The van der Waals surface area contributed by atoms with Crippen LogP contribution in [0.1, 0.15) is 23.2 Å². The number of para-hydroxylation sites is 1. The second kappa shape index (κ2) is 7.83. The minimum absolute atomic E-state index is 0.186. The summed E-state index contributed by atoms with van der Waals surface area (Å²) in [5.41, 5.74) is -0.0161. The fourth-order valence-corrected chi connectivity index (χ4v) is 3.21. The molecule has 2 aromatic rings. The number of benzene rings is 2. The van der Waals surface area contributed by atoms with E-state index in [1.54, 1.807) is 29.2 Å². The molecule has 1 heterocycles. The maximum Gasteiger partial charge on any atom is 0.255 e. The molecule has 1 aliphatic rings. The topological polar surface area (TPSA) is 49.4 Å². The lowest BCUT2D eigenvalue weighted by Gasteiger charge is -2.31. The van der Waals surface area contributed by atoms with E-state index < -0.39 is 29.1 Å². The molecule has 1 saturated heterocycles. The molecule has 0 atom stereocenters. The summed E-state index contributed by atoms with van der Waals surface area (Å²) in [6, 6.07) is 10.2. The van der Waals surface area contributed by atoms with E-state index in [9.17, 15) is 18.4 Å². The minimum atomic E-state index is -0.815. The number of anilines is 1. The zero-order chi connectivity index (χ0) is 18.7. The molecule has 3 rings (SSSR count). The maximum absolute atomic E-state index is 13.7. The molecule has 1 aliphatic heterocycles. The van der Waals surface area contributed by atoms with Gasteiger partial charge in [-0.2, -0.15) is 0 Å². The molecule has 26 heavy (non-hydrogen) atoms.